The second-order valence-corrected chi connectivity index (χ2v) is 4.72. The Kier molecular flexibility index (Phi) is 4.60. The van der Waals surface area contributed by atoms with Crippen molar-refractivity contribution < 1.29 is 28.2 Å². The summed E-state index contributed by atoms with van der Waals surface area (Å²) < 4.78 is 28.4. The Labute approximate surface area is 105 Å². The van der Waals surface area contributed by atoms with Crippen molar-refractivity contribution in [3.05, 3.63) is 15.8 Å². The maximum absolute atomic E-state index is 12.1. The van der Waals surface area contributed by atoms with Gasteiger partial charge in [0.25, 0.3) is 5.91 Å². The van der Waals surface area contributed by atoms with Crippen LogP contribution >= 0.6 is 11.3 Å². The number of alkyl halides is 2. The molecular weight excluding hydrogens is 268 g/mol. The molecule has 1 unspecified atom stereocenters. The number of nitrogens with one attached hydrogen (secondary N) is 1. The van der Waals surface area contributed by atoms with E-state index in [1.165, 1.54) is 13.0 Å². The SMILES string of the molecule is Cc1cc(OC(F)F)c(C(=O)NC(C)C(=O)O)s1. The van der Waals surface area contributed by atoms with Crippen molar-refractivity contribution in [3.8, 4) is 5.75 Å². The fourth-order valence-electron chi connectivity index (χ4n) is 1.16. The van der Waals surface area contributed by atoms with E-state index in [0.29, 0.717) is 4.88 Å². The highest BCUT2D eigenvalue weighted by atomic mass is 32.1. The fourth-order valence-corrected chi connectivity index (χ4v) is 2.00. The molecule has 0 saturated heterocycles. The minimum Gasteiger partial charge on any atom is -0.480 e. The number of amides is 1. The van der Waals surface area contributed by atoms with Gasteiger partial charge in [0.05, 0.1) is 0 Å². The first-order valence-electron chi connectivity index (χ1n) is 4.90. The number of aryl methyl sites for hydroxylation is 1. The molecule has 0 fully saturated rings. The molecule has 0 aliphatic carbocycles. The smallest absolute Gasteiger partial charge is 0.387 e. The van der Waals surface area contributed by atoms with Crippen LogP contribution in [0.5, 0.6) is 5.75 Å². The molecule has 0 aliphatic rings. The predicted octanol–water partition coefficient (Wildman–Crippen LogP) is 1.86. The molecule has 0 bridgehead atoms. The van der Waals surface area contributed by atoms with Crippen molar-refractivity contribution in [1.29, 1.82) is 0 Å². The second kappa shape index (κ2) is 5.76. The highest BCUT2D eigenvalue weighted by Crippen LogP contribution is 2.30. The van der Waals surface area contributed by atoms with Gasteiger partial charge in [-0.3, -0.25) is 9.59 Å². The first-order chi connectivity index (χ1) is 8.31. The van der Waals surface area contributed by atoms with Crippen molar-refractivity contribution in [2.75, 3.05) is 0 Å². The quantitative estimate of drug-likeness (QED) is 0.862. The third-order valence-corrected chi connectivity index (χ3v) is 2.99. The standard InChI is InChI=1S/C10H11F2NO4S/c1-4-3-6(17-10(11)12)7(18-4)8(14)13-5(2)9(15)16/h3,5,10H,1-2H3,(H,13,14)(H,15,16). The van der Waals surface area contributed by atoms with Crippen LogP contribution in [-0.2, 0) is 4.79 Å². The molecule has 1 aromatic rings. The Morgan fingerprint density at radius 1 is 1.50 bits per heavy atom. The van der Waals surface area contributed by atoms with Crippen molar-refractivity contribution in [2.45, 2.75) is 26.5 Å². The van der Waals surface area contributed by atoms with E-state index in [1.54, 1.807) is 6.92 Å². The molecule has 1 heterocycles. The largest absolute Gasteiger partial charge is 0.480 e. The van der Waals surface area contributed by atoms with Gasteiger partial charge >= 0.3 is 12.6 Å². The van der Waals surface area contributed by atoms with Crippen LogP contribution in [0, 0.1) is 6.92 Å². The number of hydrogen-bond acceptors (Lipinski definition) is 4. The Bertz CT molecular complexity index is 461. The van der Waals surface area contributed by atoms with Crippen LogP contribution in [-0.4, -0.2) is 29.6 Å². The molecule has 1 atom stereocenters. The summed E-state index contributed by atoms with van der Waals surface area (Å²) >= 11 is 0.955. The van der Waals surface area contributed by atoms with Crippen molar-refractivity contribution in [1.82, 2.24) is 5.32 Å². The molecule has 0 aliphatic heterocycles. The molecule has 0 saturated carbocycles. The van der Waals surface area contributed by atoms with Crippen LogP contribution in [0.2, 0.25) is 0 Å². The summed E-state index contributed by atoms with van der Waals surface area (Å²) in [5, 5.41) is 10.8. The minimum absolute atomic E-state index is 0.0686. The van der Waals surface area contributed by atoms with Crippen LogP contribution in [0.1, 0.15) is 21.5 Å². The van der Waals surface area contributed by atoms with Crippen LogP contribution in [0.3, 0.4) is 0 Å². The topological polar surface area (TPSA) is 75.6 Å². The number of hydrogen-bond donors (Lipinski definition) is 2. The number of halogens is 2. The van der Waals surface area contributed by atoms with Crippen LogP contribution in [0.25, 0.3) is 0 Å². The number of carbonyl (C=O) groups is 2. The monoisotopic (exact) mass is 279 g/mol. The molecule has 100 valence electrons. The van der Waals surface area contributed by atoms with E-state index in [2.05, 4.69) is 10.1 Å². The number of thiophene rings is 1. The van der Waals surface area contributed by atoms with E-state index < -0.39 is 24.5 Å². The zero-order chi connectivity index (χ0) is 13.9. The Morgan fingerprint density at radius 2 is 2.11 bits per heavy atom. The van der Waals surface area contributed by atoms with Gasteiger partial charge < -0.3 is 15.2 Å². The van der Waals surface area contributed by atoms with E-state index in [0.717, 1.165) is 11.3 Å². The van der Waals surface area contributed by atoms with Gasteiger partial charge in [-0.15, -0.1) is 11.3 Å². The Balaban J connectivity index is 2.88. The Hall–Kier alpha value is -1.70. The van der Waals surface area contributed by atoms with E-state index in [9.17, 15) is 18.4 Å². The average molecular weight is 279 g/mol. The molecule has 18 heavy (non-hydrogen) atoms. The lowest BCUT2D eigenvalue weighted by atomic mass is 10.3. The zero-order valence-corrected chi connectivity index (χ0v) is 10.4. The number of carbonyl (C=O) groups excluding carboxylic acids is 1. The highest BCUT2D eigenvalue weighted by molar-refractivity contribution is 7.14. The molecule has 0 spiro atoms. The van der Waals surface area contributed by atoms with Gasteiger partial charge in [0.2, 0.25) is 0 Å². The van der Waals surface area contributed by atoms with Crippen molar-refractivity contribution >= 4 is 23.2 Å². The summed E-state index contributed by atoms with van der Waals surface area (Å²) in [5.74, 6) is -2.21. The lowest BCUT2D eigenvalue weighted by molar-refractivity contribution is -0.138. The Morgan fingerprint density at radius 3 is 2.61 bits per heavy atom. The van der Waals surface area contributed by atoms with Gasteiger partial charge in [0.15, 0.2) is 0 Å². The zero-order valence-electron chi connectivity index (χ0n) is 9.57. The summed E-state index contributed by atoms with van der Waals surface area (Å²) in [4.78, 5) is 22.8. The molecule has 2 N–H and O–H groups in total. The van der Waals surface area contributed by atoms with Crippen molar-refractivity contribution in [2.24, 2.45) is 0 Å². The summed E-state index contributed by atoms with van der Waals surface area (Å²) in [6, 6.07) is 0.191. The van der Waals surface area contributed by atoms with E-state index >= 15 is 0 Å². The third-order valence-electron chi connectivity index (χ3n) is 1.96. The number of carboxylic acid groups (broad SMARTS) is 1. The van der Waals surface area contributed by atoms with Gasteiger partial charge in [-0.1, -0.05) is 0 Å². The number of aliphatic carboxylic acids is 1. The fraction of sp³-hybridized carbons (Fsp3) is 0.400. The van der Waals surface area contributed by atoms with Crippen LogP contribution < -0.4 is 10.1 Å². The third kappa shape index (κ3) is 3.66. The van der Waals surface area contributed by atoms with Gasteiger partial charge in [0.1, 0.15) is 16.7 Å². The summed E-state index contributed by atoms with van der Waals surface area (Å²) in [6.45, 7) is -0.142. The maximum atomic E-state index is 12.1. The second-order valence-electron chi connectivity index (χ2n) is 3.46. The minimum atomic E-state index is -3.04. The van der Waals surface area contributed by atoms with E-state index in [4.69, 9.17) is 5.11 Å². The lowest BCUT2D eigenvalue weighted by Gasteiger charge is -2.09. The molecule has 5 nitrogen and oxygen atoms in total. The predicted molar refractivity (Wildman–Crippen MR) is 60.3 cm³/mol. The molecule has 0 radical (unpaired) electrons. The summed E-state index contributed by atoms with van der Waals surface area (Å²) in [5.41, 5.74) is 0. The number of carboxylic acids is 1. The maximum Gasteiger partial charge on any atom is 0.387 e. The molecular formula is C10H11F2NO4S. The van der Waals surface area contributed by atoms with E-state index in [1.807, 2.05) is 0 Å². The lowest BCUT2D eigenvalue weighted by Crippen LogP contribution is -2.38. The molecule has 8 heteroatoms. The van der Waals surface area contributed by atoms with Gasteiger partial charge in [0, 0.05) is 4.88 Å². The highest BCUT2D eigenvalue weighted by Gasteiger charge is 2.22. The van der Waals surface area contributed by atoms with Gasteiger partial charge in [-0.05, 0) is 19.9 Å². The molecule has 1 amide bonds. The first kappa shape index (κ1) is 14.4. The number of rotatable bonds is 5. The van der Waals surface area contributed by atoms with Gasteiger partial charge in [-0.2, -0.15) is 8.78 Å². The first-order valence-corrected chi connectivity index (χ1v) is 5.71. The average Bonchev–Trinajstić information content (AvgIpc) is 2.58. The summed E-state index contributed by atoms with van der Waals surface area (Å²) in [7, 11) is 0. The molecule has 1 rings (SSSR count). The molecule has 1 aromatic heterocycles. The normalized spacial score (nSPS) is 12.3. The van der Waals surface area contributed by atoms with Crippen LogP contribution in [0.15, 0.2) is 6.07 Å². The van der Waals surface area contributed by atoms with E-state index in [-0.39, 0.29) is 10.6 Å². The van der Waals surface area contributed by atoms with Crippen LogP contribution in [0.4, 0.5) is 8.78 Å². The number of ether oxygens (including phenoxy) is 1. The molecule has 0 aromatic carbocycles. The van der Waals surface area contributed by atoms with Crippen molar-refractivity contribution in [3.63, 3.8) is 0 Å². The summed E-state index contributed by atoms with van der Waals surface area (Å²) in [6.07, 6.45) is 0. The van der Waals surface area contributed by atoms with Gasteiger partial charge in [-0.25, -0.2) is 0 Å².